The lowest BCUT2D eigenvalue weighted by Crippen LogP contribution is -2.01. The van der Waals surface area contributed by atoms with Gasteiger partial charge < -0.3 is 5.26 Å². The molecule has 7 heteroatoms. The summed E-state index contributed by atoms with van der Waals surface area (Å²) in [5, 5.41) is 12.4. The van der Waals surface area contributed by atoms with Crippen LogP contribution in [0.15, 0.2) is 17.0 Å². The minimum Gasteiger partial charge on any atom is -0.691 e. The molecule has 0 amide bonds. The van der Waals surface area contributed by atoms with Crippen LogP contribution in [0.1, 0.15) is 10.4 Å². The average Bonchev–Trinajstić information content (AvgIpc) is 2.14. The first kappa shape index (κ1) is 11.1. The average molecular weight is 221 g/mol. The highest BCUT2D eigenvalue weighted by Crippen LogP contribution is 2.23. The third kappa shape index (κ3) is 2.48. The molecular weight excluding hydrogens is 218 g/mol. The Morgan fingerprint density at radius 1 is 1.36 bits per heavy atom. The molecule has 76 valence electrons. The number of rotatable bonds is 4. The zero-order chi connectivity index (χ0) is 10.6. The highest BCUT2D eigenvalue weighted by molar-refractivity contribution is 7.94. The lowest BCUT2D eigenvalue weighted by Gasteiger charge is -2.05. The fourth-order valence-electron chi connectivity index (χ4n) is 0.775. The summed E-state index contributed by atoms with van der Waals surface area (Å²) in [6.45, 7) is 0. The number of hydrogen-bond acceptors (Lipinski definition) is 5. The van der Waals surface area contributed by atoms with Gasteiger partial charge in [-0.15, -0.1) is 0 Å². The summed E-state index contributed by atoms with van der Waals surface area (Å²) in [5.41, 5.74) is -0.669. The minimum atomic E-state index is -1.03. The molecule has 0 unspecified atom stereocenters. The molecule has 0 aliphatic heterocycles. The molecule has 1 aromatic carbocycles. The van der Waals surface area contributed by atoms with Crippen LogP contribution in [0, 0.1) is 11.6 Å². The van der Waals surface area contributed by atoms with Gasteiger partial charge in [0.1, 0.15) is 11.6 Å². The quantitative estimate of drug-likeness (QED) is 0.328. The Bertz CT molecular complexity index is 321. The van der Waals surface area contributed by atoms with Crippen LogP contribution in [-0.4, -0.2) is 6.29 Å². The Hall–Kier alpha value is -1.02. The normalized spacial score (nSPS) is 10.2. The highest BCUT2D eigenvalue weighted by atomic mass is 32.2. The molecular formula is C7H3F2O4S-. The van der Waals surface area contributed by atoms with Crippen LogP contribution in [0.4, 0.5) is 8.78 Å². The summed E-state index contributed by atoms with van der Waals surface area (Å²) in [7, 11) is 0. The lowest BCUT2D eigenvalue weighted by atomic mass is 10.2. The standard InChI is InChI=1S/C7H4F2O4S/c8-6-1-4(14-13-12-11)2-7(9)5(6)3-10/h1-3,11H/p-1. The Labute approximate surface area is 81.5 Å². The van der Waals surface area contributed by atoms with E-state index in [-0.39, 0.29) is 11.2 Å². The second-order valence-electron chi connectivity index (χ2n) is 2.14. The van der Waals surface area contributed by atoms with Gasteiger partial charge in [-0.05, 0) is 12.1 Å². The molecule has 0 radical (unpaired) electrons. The van der Waals surface area contributed by atoms with E-state index in [1.165, 1.54) is 0 Å². The van der Waals surface area contributed by atoms with Crippen molar-refractivity contribution in [1.82, 2.24) is 0 Å². The van der Waals surface area contributed by atoms with Gasteiger partial charge >= 0.3 is 0 Å². The largest absolute Gasteiger partial charge is 0.691 e. The molecule has 0 atom stereocenters. The van der Waals surface area contributed by atoms with Crippen LogP contribution in [-0.2, 0) is 9.37 Å². The third-order valence-electron chi connectivity index (χ3n) is 1.33. The molecule has 0 aliphatic carbocycles. The van der Waals surface area contributed by atoms with Gasteiger partial charge in [-0.1, -0.05) is 0 Å². The third-order valence-corrected chi connectivity index (χ3v) is 1.88. The van der Waals surface area contributed by atoms with Crippen LogP contribution < -0.4 is 5.26 Å². The van der Waals surface area contributed by atoms with Gasteiger partial charge in [0, 0.05) is 4.90 Å². The maximum atomic E-state index is 12.9. The number of carbonyl (C=O) groups is 1. The molecule has 1 rings (SSSR count). The van der Waals surface area contributed by atoms with E-state index in [4.69, 9.17) is 0 Å². The van der Waals surface area contributed by atoms with Crippen molar-refractivity contribution in [3.05, 3.63) is 29.3 Å². The van der Waals surface area contributed by atoms with Crippen LogP contribution in [0.2, 0.25) is 0 Å². The second kappa shape index (κ2) is 5.01. The fraction of sp³-hybridized carbons (Fsp3) is 0. The highest BCUT2D eigenvalue weighted by Gasteiger charge is 2.10. The van der Waals surface area contributed by atoms with E-state index < -0.39 is 17.2 Å². The molecule has 0 aromatic heterocycles. The van der Waals surface area contributed by atoms with Crippen molar-refractivity contribution >= 4 is 18.3 Å². The van der Waals surface area contributed by atoms with E-state index in [1.807, 2.05) is 0 Å². The molecule has 0 bridgehead atoms. The molecule has 0 saturated carbocycles. The van der Waals surface area contributed by atoms with Gasteiger partial charge in [0.05, 0.1) is 17.6 Å². The lowest BCUT2D eigenvalue weighted by molar-refractivity contribution is -0.777. The van der Waals surface area contributed by atoms with Gasteiger partial charge in [0.25, 0.3) is 0 Å². The summed E-state index contributed by atoms with van der Waals surface area (Å²) in [4.78, 5) is 10.2. The van der Waals surface area contributed by atoms with Gasteiger partial charge in [0.2, 0.25) is 0 Å². The Kier molecular flexibility index (Phi) is 3.96. The fourth-order valence-corrected chi connectivity index (χ4v) is 1.18. The van der Waals surface area contributed by atoms with Crippen molar-refractivity contribution in [2.75, 3.05) is 0 Å². The van der Waals surface area contributed by atoms with E-state index >= 15 is 0 Å². The smallest absolute Gasteiger partial charge is 0.155 e. The van der Waals surface area contributed by atoms with Crippen LogP contribution in [0.25, 0.3) is 0 Å². The first-order chi connectivity index (χ1) is 6.69. The number of hydrogen-bond donors (Lipinski definition) is 0. The maximum Gasteiger partial charge on any atom is 0.155 e. The monoisotopic (exact) mass is 221 g/mol. The van der Waals surface area contributed by atoms with E-state index in [2.05, 4.69) is 9.37 Å². The first-order valence-electron chi connectivity index (χ1n) is 3.26. The van der Waals surface area contributed by atoms with Crippen molar-refractivity contribution in [1.29, 1.82) is 0 Å². The van der Waals surface area contributed by atoms with Crippen molar-refractivity contribution in [3.8, 4) is 0 Å². The van der Waals surface area contributed by atoms with Gasteiger partial charge in [0.15, 0.2) is 6.29 Å². The molecule has 14 heavy (non-hydrogen) atoms. The number of carbonyl (C=O) groups excluding carboxylic acids is 1. The SMILES string of the molecule is O=Cc1c(F)cc(SOO[O-])cc1F. The topological polar surface area (TPSA) is 58.6 Å². The van der Waals surface area contributed by atoms with Gasteiger partial charge in [-0.3, -0.25) is 9.83 Å². The number of aldehydes is 1. The van der Waals surface area contributed by atoms with E-state index in [9.17, 15) is 18.8 Å². The number of halogens is 2. The van der Waals surface area contributed by atoms with Gasteiger partial charge in [-0.2, -0.15) is 4.33 Å². The predicted octanol–water partition coefficient (Wildman–Crippen LogP) is 1.01. The molecule has 0 saturated heterocycles. The Balaban J connectivity index is 2.95. The zero-order valence-corrected chi connectivity index (χ0v) is 7.35. The molecule has 0 N–H and O–H groups in total. The van der Waals surface area contributed by atoms with Crippen molar-refractivity contribution in [2.24, 2.45) is 0 Å². The Morgan fingerprint density at radius 2 is 1.93 bits per heavy atom. The Morgan fingerprint density at radius 3 is 2.36 bits per heavy atom. The minimum absolute atomic E-state index is 0.0264. The first-order valence-corrected chi connectivity index (χ1v) is 4.00. The van der Waals surface area contributed by atoms with Gasteiger partial charge in [-0.25, -0.2) is 8.78 Å². The summed E-state index contributed by atoms with van der Waals surface area (Å²) >= 11 is 0.337. The summed E-state index contributed by atoms with van der Waals surface area (Å²) in [6, 6.07) is 1.69. The molecule has 1 aromatic rings. The second-order valence-corrected chi connectivity index (χ2v) is 2.91. The molecule has 0 aliphatic rings. The van der Waals surface area contributed by atoms with E-state index in [0.29, 0.717) is 12.0 Å². The molecule has 0 fully saturated rings. The van der Waals surface area contributed by atoms with Crippen molar-refractivity contribution in [2.45, 2.75) is 4.90 Å². The maximum absolute atomic E-state index is 12.9. The predicted molar refractivity (Wildman–Crippen MR) is 39.8 cm³/mol. The van der Waals surface area contributed by atoms with Crippen LogP contribution in [0.5, 0.6) is 0 Å². The van der Waals surface area contributed by atoms with Crippen LogP contribution >= 0.6 is 12.0 Å². The summed E-state index contributed by atoms with van der Waals surface area (Å²) < 4.78 is 29.6. The van der Waals surface area contributed by atoms with Crippen molar-refractivity contribution in [3.63, 3.8) is 0 Å². The molecule has 0 spiro atoms. The zero-order valence-electron chi connectivity index (χ0n) is 6.53. The van der Waals surface area contributed by atoms with Crippen LogP contribution in [0.3, 0.4) is 0 Å². The number of benzene rings is 1. The van der Waals surface area contributed by atoms with E-state index in [1.54, 1.807) is 0 Å². The van der Waals surface area contributed by atoms with E-state index in [0.717, 1.165) is 12.1 Å². The molecule has 4 nitrogen and oxygen atoms in total. The van der Waals surface area contributed by atoms with Crippen molar-refractivity contribution < 1.29 is 28.2 Å². The summed E-state index contributed by atoms with van der Waals surface area (Å²) in [5.74, 6) is -2.06. The molecule has 0 heterocycles. The summed E-state index contributed by atoms with van der Waals surface area (Å²) in [6.07, 6.45) is 0.0596.